The number of nitrogens with one attached hydrogen (secondary N) is 1. The van der Waals surface area contributed by atoms with Crippen LogP contribution >= 0.6 is 0 Å². The van der Waals surface area contributed by atoms with Crippen molar-refractivity contribution in [3.63, 3.8) is 0 Å². The molecule has 0 bridgehead atoms. The minimum atomic E-state index is -0.0960. The first-order chi connectivity index (χ1) is 17.3. The first kappa shape index (κ1) is 22.2. The first-order valence-corrected chi connectivity index (χ1v) is 13.2. The molecule has 0 atom stereocenters. The molecule has 6 heteroatoms. The summed E-state index contributed by atoms with van der Waals surface area (Å²) >= 11 is 0. The summed E-state index contributed by atoms with van der Waals surface area (Å²) in [6.07, 6.45) is 17.6. The summed E-state index contributed by atoms with van der Waals surface area (Å²) in [5.41, 5.74) is 8.43. The van der Waals surface area contributed by atoms with Crippen molar-refractivity contribution in [2.45, 2.75) is 82.1 Å². The second kappa shape index (κ2) is 9.40. The van der Waals surface area contributed by atoms with Crippen LogP contribution in [0.15, 0.2) is 58.7 Å². The van der Waals surface area contributed by atoms with Crippen LogP contribution in [0.25, 0.3) is 11.3 Å². The van der Waals surface area contributed by atoms with Crippen LogP contribution < -0.4 is 11.0 Å². The Morgan fingerprint density at radius 2 is 1.71 bits per heavy atom. The summed E-state index contributed by atoms with van der Waals surface area (Å²) in [7, 11) is 0. The molecule has 6 rings (SSSR count). The monoisotopic (exact) mass is 467 g/mol. The molecule has 6 nitrogen and oxygen atoms in total. The zero-order valence-electron chi connectivity index (χ0n) is 20.2. The Labute approximate surface area is 206 Å². The first-order valence-electron chi connectivity index (χ1n) is 13.2. The molecular formula is C29H33N5O. The van der Waals surface area contributed by atoms with Crippen molar-refractivity contribution in [3.05, 3.63) is 75.8 Å². The van der Waals surface area contributed by atoms with Crippen LogP contribution in [0.2, 0.25) is 0 Å². The van der Waals surface area contributed by atoms with Gasteiger partial charge in [0.05, 0.1) is 17.5 Å². The largest absolute Gasteiger partial charge is 0.274 e. The number of aromatic nitrogens is 3. The molecule has 35 heavy (non-hydrogen) atoms. The van der Waals surface area contributed by atoms with Gasteiger partial charge in [-0.15, -0.1) is 0 Å². The molecule has 180 valence electrons. The Bertz CT molecular complexity index is 1280. The van der Waals surface area contributed by atoms with E-state index in [-0.39, 0.29) is 17.0 Å². The van der Waals surface area contributed by atoms with E-state index in [1.165, 1.54) is 31.2 Å². The van der Waals surface area contributed by atoms with Gasteiger partial charge < -0.3 is 0 Å². The highest BCUT2D eigenvalue weighted by molar-refractivity contribution is 5.79. The van der Waals surface area contributed by atoms with Crippen LogP contribution in [0.1, 0.15) is 86.9 Å². The molecule has 3 aromatic rings. The van der Waals surface area contributed by atoms with Crippen molar-refractivity contribution in [2.24, 2.45) is 5.10 Å². The van der Waals surface area contributed by atoms with E-state index in [1.54, 1.807) is 18.6 Å². The molecule has 0 saturated heterocycles. The fraction of sp³-hybridized carbons (Fsp3) is 0.448. The van der Waals surface area contributed by atoms with Crippen molar-refractivity contribution in [1.82, 2.24) is 14.5 Å². The van der Waals surface area contributed by atoms with Crippen LogP contribution in [0, 0.1) is 0 Å². The number of benzene rings is 1. The van der Waals surface area contributed by atoms with Gasteiger partial charge in [-0.25, -0.2) is 10.4 Å². The SMILES string of the molecule is O=c1c2c(nc(NN=Cc3ccncc3)n1C1CCCCC1)-c1ccccc1CC21CCCCC1. The van der Waals surface area contributed by atoms with Crippen molar-refractivity contribution in [2.75, 3.05) is 5.43 Å². The zero-order valence-corrected chi connectivity index (χ0v) is 20.2. The Morgan fingerprint density at radius 1 is 0.971 bits per heavy atom. The molecule has 1 spiro atoms. The average molecular weight is 468 g/mol. The van der Waals surface area contributed by atoms with Gasteiger partial charge in [-0.3, -0.25) is 14.3 Å². The summed E-state index contributed by atoms with van der Waals surface area (Å²) in [4.78, 5) is 23.7. The van der Waals surface area contributed by atoms with E-state index in [2.05, 4.69) is 39.8 Å². The Hall–Kier alpha value is -3.28. The van der Waals surface area contributed by atoms with E-state index in [9.17, 15) is 4.79 Å². The molecule has 3 aliphatic carbocycles. The Balaban J connectivity index is 1.52. The minimum absolute atomic E-state index is 0.0960. The molecule has 2 fully saturated rings. The van der Waals surface area contributed by atoms with Crippen molar-refractivity contribution >= 4 is 12.2 Å². The predicted molar refractivity (Wildman–Crippen MR) is 140 cm³/mol. The number of nitrogens with zero attached hydrogens (tertiary/aromatic N) is 4. The van der Waals surface area contributed by atoms with Gasteiger partial charge >= 0.3 is 0 Å². The lowest BCUT2D eigenvalue weighted by Gasteiger charge is -2.42. The third-order valence-corrected chi connectivity index (χ3v) is 8.28. The molecule has 2 aromatic heterocycles. The lowest BCUT2D eigenvalue weighted by Crippen LogP contribution is -2.44. The number of hydrazone groups is 1. The Morgan fingerprint density at radius 3 is 2.51 bits per heavy atom. The van der Waals surface area contributed by atoms with Gasteiger partial charge in [-0.1, -0.05) is 62.8 Å². The molecule has 0 unspecified atom stereocenters. The summed E-state index contributed by atoms with van der Waals surface area (Å²) in [5, 5.41) is 4.49. The van der Waals surface area contributed by atoms with Gasteiger partial charge in [0.2, 0.25) is 5.95 Å². The second-order valence-electron chi connectivity index (χ2n) is 10.5. The van der Waals surface area contributed by atoms with E-state index >= 15 is 0 Å². The predicted octanol–water partition coefficient (Wildman–Crippen LogP) is 6.01. The lowest BCUT2D eigenvalue weighted by molar-refractivity contribution is 0.278. The number of fused-ring (bicyclic) bond motifs is 4. The topological polar surface area (TPSA) is 72.2 Å². The van der Waals surface area contributed by atoms with Crippen molar-refractivity contribution in [3.8, 4) is 11.3 Å². The summed E-state index contributed by atoms with van der Waals surface area (Å²) in [6.45, 7) is 0. The molecule has 2 saturated carbocycles. The smallest absolute Gasteiger partial charge is 0.259 e. The van der Waals surface area contributed by atoms with Crippen molar-refractivity contribution < 1.29 is 0 Å². The van der Waals surface area contributed by atoms with Crippen LogP contribution in [-0.2, 0) is 11.8 Å². The fourth-order valence-electron chi connectivity index (χ4n) is 6.59. The van der Waals surface area contributed by atoms with E-state index < -0.39 is 0 Å². The molecule has 0 amide bonds. The van der Waals surface area contributed by atoms with E-state index in [4.69, 9.17) is 4.98 Å². The highest BCUT2D eigenvalue weighted by Crippen LogP contribution is 2.49. The Kier molecular flexibility index (Phi) is 5.96. The quantitative estimate of drug-likeness (QED) is 0.376. The number of hydrogen-bond donors (Lipinski definition) is 1. The summed E-state index contributed by atoms with van der Waals surface area (Å²) < 4.78 is 1.96. The van der Waals surface area contributed by atoms with Crippen LogP contribution in [0.3, 0.4) is 0 Å². The van der Waals surface area contributed by atoms with E-state index in [1.807, 2.05) is 16.7 Å². The molecule has 0 radical (unpaired) electrons. The standard InChI is InChI=1S/C29H33N5O/c35-27-25-26(24-12-6-5-9-22(24)19-29(25)15-7-2-8-16-29)32-28(34(27)23-10-3-1-4-11-23)33-31-20-21-13-17-30-18-14-21/h5-6,9,12-14,17-18,20,23H,1-4,7-8,10-11,15-16,19H2,(H,32,33). The van der Waals surface area contributed by atoms with Crippen LogP contribution in [0.5, 0.6) is 0 Å². The lowest BCUT2D eigenvalue weighted by atomic mass is 9.62. The highest BCUT2D eigenvalue weighted by Gasteiger charge is 2.44. The zero-order chi connectivity index (χ0) is 23.7. The maximum atomic E-state index is 14.5. The van der Waals surface area contributed by atoms with Gasteiger partial charge in [0.25, 0.3) is 5.56 Å². The van der Waals surface area contributed by atoms with E-state index in [0.29, 0.717) is 5.95 Å². The van der Waals surface area contributed by atoms with Gasteiger partial charge in [0.15, 0.2) is 0 Å². The van der Waals surface area contributed by atoms with Gasteiger partial charge in [0, 0.05) is 29.4 Å². The summed E-state index contributed by atoms with van der Waals surface area (Å²) in [6, 6.07) is 12.5. The third-order valence-electron chi connectivity index (χ3n) is 8.28. The van der Waals surface area contributed by atoms with Crippen LogP contribution in [0.4, 0.5) is 5.95 Å². The molecular weight excluding hydrogens is 434 g/mol. The normalized spacial score (nSPS) is 19.4. The van der Waals surface area contributed by atoms with Crippen molar-refractivity contribution in [1.29, 1.82) is 0 Å². The number of hydrogen-bond acceptors (Lipinski definition) is 5. The molecule has 2 heterocycles. The molecule has 1 aromatic carbocycles. The van der Waals surface area contributed by atoms with Gasteiger partial charge in [0.1, 0.15) is 0 Å². The minimum Gasteiger partial charge on any atom is -0.274 e. The maximum absolute atomic E-state index is 14.5. The highest BCUT2D eigenvalue weighted by atomic mass is 16.1. The molecule has 3 aliphatic rings. The van der Waals surface area contributed by atoms with Gasteiger partial charge in [-0.2, -0.15) is 5.10 Å². The number of anilines is 1. The third kappa shape index (κ3) is 4.09. The number of rotatable bonds is 4. The molecule has 1 N–H and O–H groups in total. The second-order valence-corrected chi connectivity index (χ2v) is 10.5. The van der Waals surface area contributed by atoms with Crippen LogP contribution in [-0.4, -0.2) is 20.7 Å². The van der Waals surface area contributed by atoms with Gasteiger partial charge in [-0.05, 0) is 55.4 Å². The fourth-order valence-corrected chi connectivity index (χ4v) is 6.59. The van der Waals surface area contributed by atoms with E-state index in [0.717, 1.165) is 67.3 Å². The molecule has 0 aliphatic heterocycles. The maximum Gasteiger partial charge on any atom is 0.259 e. The average Bonchev–Trinajstić information content (AvgIpc) is 2.90. The summed E-state index contributed by atoms with van der Waals surface area (Å²) in [5.74, 6) is 0.564. The number of pyridine rings is 1.